The van der Waals surface area contributed by atoms with Gasteiger partial charge in [-0.3, -0.25) is 0 Å². The molecule has 0 saturated carbocycles. The average molecular weight is 366 g/mol. The highest BCUT2D eigenvalue weighted by Gasteiger charge is 2.16. The van der Waals surface area contributed by atoms with E-state index >= 15 is 0 Å². The molecule has 0 aliphatic rings. The second kappa shape index (κ2) is 4.59. The van der Waals surface area contributed by atoms with Crippen LogP contribution in [0.1, 0.15) is 17.6 Å². The monoisotopic (exact) mass is 365 g/mol. The maximum Gasteiger partial charge on any atom is 0.268 e. The van der Waals surface area contributed by atoms with Crippen LogP contribution in [0.25, 0.3) is 0 Å². The van der Waals surface area contributed by atoms with Gasteiger partial charge in [-0.15, -0.1) is 0 Å². The third kappa shape index (κ3) is 2.55. The van der Waals surface area contributed by atoms with Crippen molar-refractivity contribution < 1.29 is 13.2 Å². The first-order chi connectivity index (χ1) is 6.06. The highest BCUT2D eigenvalue weighted by Crippen LogP contribution is 2.24. The largest absolute Gasteiger partial charge is 0.268 e. The topological polar surface area (TPSA) is 12.9 Å². The van der Waals surface area contributed by atoms with E-state index < -0.39 is 17.9 Å². The number of hydrogen-bond acceptors (Lipinski definition) is 1. The number of hydrogen-bond donors (Lipinski definition) is 0. The van der Waals surface area contributed by atoms with E-state index in [1.54, 1.807) is 22.6 Å². The summed E-state index contributed by atoms with van der Waals surface area (Å²) in [5.74, 6) is -1.09. The van der Waals surface area contributed by atoms with Crippen LogP contribution in [-0.2, 0) is 5.33 Å². The molecular formula is C7H4BrF3IN. The molecule has 1 nitrogen and oxygen atoms in total. The zero-order valence-electron chi connectivity index (χ0n) is 6.20. The van der Waals surface area contributed by atoms with E-state index in [-0.39, 0.29) is 0 Å². The van der Waals surface area contributed by atoms with Gasteiger partial charge in [0.15, 0.2) is 0 Å². The molecule has 6 heteroatoms. The van der Waals surface area contributed by atoms with Gasteiger partial charge in [-0.25, -0.2) is 13.8 Å². The second-order valence-corrected chi connectivity index (χ2v) is 3.84. The highest BCUT2D eigenvalue weighted by molar-refractivity contribution is 14.1. The lowest BCUT2D eigenvalue weighted by atomic mass is 10.2. The predicted octanol–water partition coefficient (Wildman–Crippen LogP) is 3.66. The molecule has 72 valence electrons. The van der Waals surface area contributed by atoms with Crippen LogP contribution in [0.15, 0.2) is 6.07 Å². The van der Waals surface area contributed by atoms with E-state index in [9.17, 15) is 13.2 Å². The van der Waals surface area contributed by atoms with Crippen LogP contribution in [0.3, 0.4) is 0 Å². The van der Waals surface area contributed by atoms with Gasteiger partial charge in [0.2, 0.25) is 5.95 Å². The quantitative estimate of drug-likeness (QED) is 0.443. The van der Waals surface area contributed by atoms with Crippen molar-refractivity contribution in [2.45, 2.75) is 11.8 Å². The molecule has 0 spiro atoms. The van der Waals surface area contributed by atoms with E-state index in [2.05, 4.69) is 20.9 Å². The van der Waals surface area contributed by atoms with Crippen LogP contribution in [-0.4, -0.2) is 4.98 Å². The van der Waals surface area contributed by atoms with Gasteiger partial charge >= 0.3 is 0 Å². The molecule has 1 aromatic rings. The summed E-state index contributed by atoms with van der Waals surface area (Å²) >= 11 is 4.90. The van der Waals surface area contributed by atoms with E-state index in [1.807, 2.05) is 0 Å². The van der Waals surface area contributed by atoms with Crippen molar-refractivity contribution >= 4 is 38.5 Å². The molecule has 0 aliphatic heterocycles. The number of halogens is 5. The van der Waals surface area contributed by atoms with Crippen LogP contribution >= 0.6 is 38.5 Å². The SMILES string of the molecule is Fc1nc(I)c(CBr)cc1C(F)F. The maximum absolute atomic E-state index is 12.8. The number of nitrogens with zero attached hydrogens (tertiary/aromatic N) is 1. The third-order valence-electron chi connectivity index (χ3n) is 1.41. The second-order valence-electron chi connectivity index (χ2n) is 2.25. The van der Waals surface area contributed by atoms with Crippen molar-refractivity contribution in [1.29, 1.82) is 0 Å². The Kier molecular flexibility index (Phi) is 3.96. The molecule has 0 aromatic carbocycles. The zero-order valence-corrected chi connectivity index (χ0v) is 9.94. The van der Waals surface area contributed by atoms with E-state index in [4.69, 9.17) is 0 Å². The number of alkyl halides is 3. The summed E-state index contributed by atoms with van der Waals surface area (Å²) in [7, 11) is 0. The van der Waals surface area contributed by atoms with Crippen LogP contribution in [0, 0.1) is 9.65 Å². The van der Waals surface area contributed by atoms with Crippen LogP contribution in [0.5, 0.6) is 0 Å². The van der Waals surface area contributed by atoms with E-state index in [0.717, 1.165) is 6.07 Å². The molecule has 1 rings (SSSR count). The summed E-state index contributed by atoms with van der Waals surface area (Å²) in [6.45, 7) is 0. The number of aromatic nitrogens is 1. The fourth-order valence-corrected chi connectivity index (χ4v) is 2.29. The lowest BCUT2D eigenvalue weighted by molar-refractivity contribution is 0.145. The van der Waals surface area contributed by atoms with Crippen molar-refractivity contribution in [2.75, 3.05) is 0 Å². The molecule has 0 unspecified atom stereocenters. The van der Waals surface area contributed by atoms with Crippen molar-refractivity contribution in [3.63, 3.8) is 0 Å². The Morgan fingerprint density at radius 2 is 2.15 bits per heavy atom. The van der Waals surface area contributed by atoms with Crippen molar-refractivity contribution in [2.24, 2.45) is 0 Å². The molecule has 0 atom stereocenters. The lowest BCUT2D eigenvalue weighted by Crippen LogP contribution is -2.00. The highest BCUT2D eigenvalue weighted by atomic mass is 127. The molecule has 13 heavy (non-hydrogen) atoms. The van der Waals surface area contributed by atoms with Gasteiger partial charge in [0.1, 0.15) is 3.70 Å². The molecule has 0 bridgehead atoms. The van der Waals surface area contributed by atoms with Gasteiger partial charge in [-0.05, 0) is 34.2 Å². The Hall–Kier alpha value is 0.150. The predicted molar refractivity (Wildman–Crippen MR) is 54.5 cm³/mol. The normalized spacial score (nSPS) is 10.9. The molecular weight excluding hydrogens is 362 g/mol. The molecule has 1 heterocycles. The zero-order chi connectivity index (χ0) is 10.0. The first kappa shape index (κ1) is 11.2. The summed E-state index contributed by atoms with van der Waals surface area (Å²) < 4.78 is 37.6. The smallest absolute Gasteiger partial charge is 0.213 e. The van der Waals surface area contributed by atoms with E-state index in [1.165, 1.54) is 0 Å². The van der Waals surface area contributed by atoms with Crippen LogP contribution in [0.2, 0.25) is 0 Å². The summed E-state index contributed by atoms with van der Waals surface area (Å²) in [6.07, 6.45) is -2.82. The minimum Gasteiger partial charge on any atom is -0.213 e. The van der Waals surface area contributed by atoms with Crippen molar-refractivity contribution in [3.05, 3.63) is 26.8 Å². The molecule has 0 radical (unpaired) electrons. The van der Waals surface area contributed by atoms with Gasteiger partial charge in [0.25, 0.3) is 6.43 Å². The average Bonchev–Trinajstić information content (AvgIpc) is 2.03. The van der Waals surface area contributed by atoms with E-state index in [0.29, 0.717) is 14.6 Å². The molecule has 0 fully saturated rings. The van der Waals surface area contributed by atoms with Crippen molar-refractivity contribution in [1.82, 2.24) is 4.98 Å². The molecule has 0 aliphatic carbocycles. The fourth-order valence-electron chi connectivity index (χ4n) is 0.776. The summed E-state index contributed by atoms with van der Waals surface area (Å²) in [5.41, 5.74) is -0.0767. The van der Waals surface area contributed by atoms with Gasteiger partial charge in [0, 0.05) is 5.33 Å². The Bertz CT molecular complexity index is 319. The summed E-state index contributed by atoms with van der Waals surface area (Å²) in [5, 5.41) is 0.387. The third-order valence-corrected chi connectivity index (χ3v) is 2.95. The lowest BCUT2D eigenvalue weighted by Gasteiger charge is -2.05. The van der Waals surface area contributed by atoms with Crippen molar-refractivity contribution in [3.8, 4) is 0 Å². The molecule has 0 N–H and O–H groups in total. The molecule has 0 amide bonds. The molecule has 0 saturated heterocycles. The van der Waals surface area contributed by atoms with Gasteiger partial charge < -0.3 is 0 Å². The maximum atomic E-state index is 12.8. The van der Waals surface area contributed by atoms with Crippen LogP contribution < -0.4 is 0 Å². The first-order valence-electron chi connectivity index (χ1n) is 3.25. The fraction of sp³-hybridized carbons (Fsp3) is 0.286. The Balaban J connectivity index is 3.22. The first-order valence-corrected chi connectivity index (χ1v) is 5.45. The minimum absolute atomic E-state index is 0.387. The summed E-state index contributed by atoms with van der Waals surface area (Å²) in [4.78, 5) is 3.38. The Morgan fingerprint density at radius 1 is 1.54 bits per heavy atom. The van der Waals surface area contributed by atoms with Crippen LogP contribution in [0.4, 0.5) is 13.2 Å². The minimum atomic E-state index is -2.82. The van der Waals surface area contributed by atoms with Gasteiger partial charge in [-0.2, -0.15) is 4.39 Å². The molecule has 1 aromatic heterocycles. The number of pyridine rings is 1. The standard InChI is InChI=1S/C7H4BrF3IN/c8-2-3-1-4(5(9)10)6(11)13-7(3)12/h1,5H,2H2. The Labute approximate surface area is 95.0 Å². The Morgan fingerprint density at radius 3 is 2.62 bits per heavy atom. The summed E-state index contributed by atoms with van der Waals surface area (Å²) in [6, 6.07) is 1.13. The van der Waals surface area contributed by atoms with Gasteiger partial charge in [0.05, 0.1) is 5.56 Å². The van der Waals surface area contributed by atoms with Gasteiger partial charge in [-0.1, -0.05) is 15.9 Å². The number of rotatable bonds is 2.